The summed E-state index contributed by atoms with van der Waals surface area (Å²) in [7, 11) is 0. The topological polar surface area (TPSA) is 29.0 Å². The van der Waals surface area contributed by atoms with Crippen molar-refractivity contribution in [1.82, 2.24) is 15.2 Å². The highest BCUT2D eigenvalue weighted by Gasteiger charge is 2.52. The van der Waals surface area contributed by atoms with Crippen LogP contribution in [0, 0.1) is 0 Å². The van der Waals surface area contributed by atoms with Crippen LogP contribution >= 0.6 is 0 Å². The molecule has 0 bridgehead atoms. The highest BCUT2D eigenvalue weighted by Crippen LogP contribution is 2.60. The Morgan fingerprint density at radius 3 is 1.98 bits per heavy atom. The Hall–Kier alpha value is -6.16. The molecule has 3 atom stereocenters. The molecule has 2 aliphatic heterocycles. The fraction of sp³-hybridized carbons (Fsp3) is 0.120. The van der Waals surface area contributed by atoms with Crippen LogP contribution in [0.15, 0.2) is 176 Å². The molecule has 3 unspecified atom stereocenters. The second-order valence-electron chi connectivity index (χ2n) is 15.4. The van der Waals surface area contributed by atoms with Gasteiger partial charge in [-0.3, -0.25) is 5.32 Å². The van der Waals surface area contributed by atoms with E-state index in [-0.39, 0.29) is 17.6 Å². The molecule has 0 saturated heterocycles. The molecule has 7 aromatic carbocycles. The average Bonchev–Trinajstić information content (AvgIpc) is 3.57. The van der Waals surface area contributed by atoms with E-state index in [0.717, 1.165) is 5.70 Å². The van der Waals surface area contributed by atoms with Crippen LogP contribution in [0.2, 0.25) is 0 Å². The van der Waals surface area contributed by atoms with Gasteiger partial charge in [0, 0.05) is 21.9 Å². The molecule has 53 heavy (non-hydrogen) atoms. The van der Waals surface area contributed by atoms with Gasteiger partial charge in [0.05, 0.1) is 28.2 Å². The number of benzene rings is 7. The first-order chi connectivity index (χ1) is 26.0. The standard InChI is InChI=1S/C50H39N3/c1-49(2)37-22-10-11-23-39(37)50(40-24-12-14-27-46(40)53-45-26-13-9-20-35(45)36-21-15-25-41(50)47(36)53)42-30-34(28-29-38(42)49)48-51-43(32-16-5-3-6-17-32)31-44(52-48)33-18-7-4-8-19-33/h3-31,43,48,51-52H,1-2H3. The summed E-state index contributed by atoms with van der Waals surface area (Å²) in [5, 5.41) is 10.5. The highest BCUT2D eigenvalue weighted by molar-refractivity contribution is 6.12. The number of nitrogens with zero attached hydrogens (tertiary/aromatic N) is 1. The zero-order valence-corrected chi connectivity index (χ0v) is 29.8. The summed E-state index contributed by atoms with van der Waals surface area (Å²) >= 11 is 0. The van der Waals surface area contributed by atoms with Gasteiger partial charge in [-0.1, -0.05) is 172 Å². The fourth-order valence-electron chi connectivity index (χ4n) is 9.99. The van der Waals surface area contributed by atoms with Gasteiger partial charge in [0.25, 0.3) is 0 Å². The van der Waals surface area contributed by atoms with Crippen LogP contribution in [0.3, 0.4) is 0 Å². The smallest absolute Gasteiger partial charge is 0.104 e. The van der Waals surface area contributed by atoms with Crippen molar-refractivity contribution in [2.45, 2.75) is 36.9 Å². The third-order valence-electron chi connectivity index (χ3n) is 12.3. The van der Waals surface area contributed by atoms with E-state index in [0.29, 0.717) is 0 Å². The second-order valence-corrected chi connectivity index (χ2v) is 15.4. The molecule has 8 aromatic rings. The lowest BCUT2D eigenvalue weighted by atomic mass is 9.53. The van der Waals surface area contributed by atoms with Crippen molar-refractivity contribution in [2.24, 2.45) is 0 Å². The average molecular weight is 682 g/mol. The predicted octanol–water partition coefficient (Wildman–Crippen LogP) is 11.1. The van der Waals surface area contributed by atoms with Crippen LogP contribution < -0.4 is 10.6 Å². The van der Waals surface area contributed by atoms with Gasteiger partial charge in [-0.15, -0.1) is 0 Å². The summed E-state index contributed by atoms with van der Waals surface area (Å²) in [5.41, 5.74) is 15.9. The van der Waals surface area contributed by atoms with E-state index < -0.39 is 5.41 Å². The SMILES string of the molecule is CC1(C)c2ccccc2C2(c3ccccc3-n3c4ccccc4c4cccc2c43)c2cc(C3NC(c4ccccc4)=CC(c4ccccc4)N3)ccc21. The number of hydrogen-bond donors (Lipinski definition) is 2. The quantitative estimate of drug-likeness (QED) is 0.194. The number of para-hydroxylation sites is 3. The first kappa shape index (κ1) is 30.5. The fourth-order valence-corrected chi connectivity index (χ4v) is 9.99. The minimum Gasteiger partial charge on any atom is -0.366 e. The van der Waals surface area contributed by atoms with E-state index in [1.807, 2.05) is 0 Å². The van der Waals surface area contributed by atoms with E-state index in [4.69, 9.17) is 0 Å². The van der Waals surface area contributed by atoms with Gasteiger partial charge >= 0.3 is 0 Å². The molecule has 11 rings (SSSR count). The molecule has 1 aromatic heterocycles. The molecule has 0 amide bonds. The van der Waals surface area contributed by atoms with Crippen LogP contribution in [0.4, 0.5) is 0 Å². The van der Waals surface area contributed by atoms with Crippen molar-refractivity contribution in [3.8, 4) is 5.69 Å². The van der Waals surface area contributed by atoms with E-state index >= 15 is 0 Å². The van der Waals surface area contributed by atoms with Gasteiger partial charge in [0.2, 0.25) is 0 Å². The maximum absolute atomic E-state index is 4.00. The Morgan fingerprint density at radius 2 is 1.15 bits per heavy atom. The van der Waals surface area contributed by atoms with Crippen molar-refractivity contribution in [3.05, 3.63) is 226 Å². The molecule has 254 valence electrons. The summed E-state index contributed by atoms with van der Waals surface area (Å²) in [4.78, 5) is 0. The van der Waals surface area contributed by atoms with E-state index in [1.54, 1.807) is 0 Å². The predicted molar refractivity (Wildman–Crippen MR) is 217 cm³/mol. The molecule has 3 nitrogen and oxygen atoms in total. The molecule has 3 heterocycles. The zero-order valence-electron chi connectivity index (χ0n) is 29.8. The molecular formula is C50H39N3. The van der Waals surface area contributed by atoms with Crippen molar-refractivity contribution in [1.29, 1.82) is 0 Å². The van der Waals surface area contributed by atoms with E-state index in [1.165, 1.54) is 77.6 Å². The molecule has 0 fully saturated rings. The number of fused-ring (bicyclic) bond motifs is 11. The maximum atomic E-state index is 4.00. The van der Waals surface area contributed by atoms with Gasteiger partial charge in [0.1, 0.15) is 6.17 Å². The molecule has 3 heteroatoms. The summed E-state index contributed by atoms with van der Waals surface area (Å²) in [6.45, 7) is 4.81. The van der Waals surface area contributed by atoms with Gasteiger partial charge in [-0.05, 0) is 68.3 Å². The molecule has 1 aliphatic carbocycles. The van der Waals surface area contributed by atoms with Crippen molar-refractivity contribution in [2.75, 3.05) is 0 Å². The Kier molecular flexibility index (Phi) is 6.42. The Morgan fingerprint density at radius 1 is 0.509 bits per heavy atom. The van der Waals surface area contributed by atoms with Crippen molar-refractivity contribution >= 4 is 27.5 Å². The van der Waals surface area contributed by atoms with Crippen LogP contribution in [0.5, 0.6) is 0 Å². The Labute approximate surface area is 310 Å². The lowest BCUT2D eigenvalue weighted by Gasteiger charge is -2.50. The normalized spacial score (nSPS) is 20.7. The molecule has 0 saturated carbocycles. The van der Waals surface area contributed by atoms with Gasteiger partial charge in [-0.25, -0.2) is 0 Å². The Bertz CT molecular complexity index is 2770. The Balaban J connectivity index is 1.20. The first-order valence-corrected chi connectivity index (χ1v) is 18.8. The van der Waals surface area contributed by atoms with Crippen LogP contribution in [0.25, 0.3) is 33.2 Å². The lowest BCUT2D eigenvalue weighted by molar-refractivity contribution is 0.441. The van der Waals surface area contributed by atoms with Crippen LogP contribution in [-0.4, -0.2) is 4.57 Å². The van der Waals surface area contributed by atoms with Crippen LogP contribution in [-0.2, 0) is 10.8 Å². The van der Waals surface area contributed by atoms with E-state index in [9.17, 15) is 0 Å². The molecule has 0 radical (unpaired) electrons. The second kappa shape index (κ2) is 11.2. The third-order valence-corrected chi connectivity index (χ3v) is 12.3. The number of nitrogens with one attached hydrogen (secondary N) is 2. The highest BCUT2D eigenvalue weighted by atomic mass is 15.2. The van der Waals surface area contributed by atoms with Gasteiger partial charge in [0.15, 0.2) is 0 Å². The first-order valence-electron chi connectivity index (χ1n) is 18.8. The summed E-state index contributed by atoms with van der Waals surface area (Å²) in [6.07, 6.45) is 2.21. The lowest BCUT2D eigenvalue weighted by Crippen LogP contribution is -2.44. The molecule has 2 N–H and O–H groups in total. The largest absolute Gasteiger partial charge is 0.366 e. The minimum absolute atomic E-state index is 0.0414. The van der Waals surface area contributed by atoms with Crippen LogP contribution in [0.1, 0.15) is 76.1 Å². The summed E-state index contributed by atoms with van der Waals surface area (Å²) in [5.74, 6) is 0. The third kappa shape index (κ3) is 4.14. The zero-order chi connectivity index (χ0) is 35.3. The van der Waals surface area contributed by atoms with Crippen molar-refractivity contribution in [3.63, 3.8) is 0 Å². The number of hydrogen-bond acceptors (Lipinski definition) is 2. The summed E-state index contributed by atoms with van der Waals surface area (Å²) in [6, 6.07) is 63.1. The van der Waals surface area contributed by atoms with Gasteiger partial charge in [-0.2, -0.15) is 0 Å². The maximum Gasteiger partial charge on any atom is 0.104 e. The number of rotatable bonds is 3. The summed E-state index contributed by atoms with van der Waals surface area (Å²) < 4.78 is 2.53. The minimum atomic E-state index is -0.538. The molecule has 1 spiro atoms. The van der Waals surface area contributed by atoms with Crippen molar-refractivity contribution < 1.29 is 0 Å². The molecular weight excluding hydrogens is 643 g/mol. The molecule has 3 aliphatic rings. The van der Waals surface area contributed by atoms with Gasteiger partial charge < -0.3 is 9.88 Å². The van der Waals surface area contributed by atoms with E-state index in [2.05, 4.69) is 205 Å². The number of aromatic nitrogens is 1. The monoisotopic (exact) mass is 681 g/mol.